The first-order valence-electron chi connectivity index (χ1n) is 6.53. The van der Waals surface area contributed by atoms with Crippen molar-refractivity contribution in [1.29, 1.82) is 0 Å². The number of nitrogens with zero attached hydrogens (tertiary/aromatic N) is 2. The predicted octanol–water partition coefficient (Wildman–Crippen LogP) is 3.98. The molecule has 0 atom stereocenters. The van der Waals surface area contributed by atoms with Gasteiger partial charge in [-0.05, 0) is 31.2 Å². The van der Waals surface area contributed by atoms with Crippen LogP contribution in [0.4, 0.5) is 0 Å². The molecule has 0 spiro atoms. The number of fused-ring (bicyclic) bond motifs is 1. The minimum atomic E-state index is -0.391. The van der Waals surface area contributed by atoms with Gasteiger partial charge in [-0.2, -0.15) is 0 Å². The lowest BCUT2D eigenvalue weighted by Gasteiger charge is -2.04. The number of halogens is 1. The largest absolute Gasteiger partial charge is 0.461 e. The van der Waals surface area contributed by atoms with Crippen LogP contribution in [0.5, 0.6) is 0 Å². The molecule has 6 heteroatoms. The third kappa shape index (κ3) is 2.94. The Labute approximate surface area is 130 Å². The number of hydrogen-bond donors (Lipinski definition) is 0. The van der Waals surface area contributed by atoms with E-state index in [1.807, 2.05) is 24.4 Å². The Morgan fingerprint density at radius 1 is 1.43 bits per heavy atom. The van der Waals surface area contributed by atoms with Crippen LogP contribution in [0.3, 0.4) is 0 Å². The molecule has 0 saturated carbocycles. The summed E-state index contributed by atoms with van der Waals surface area (Å²) in [5, 5.41) is 0.968. The van der Waals surface area contributed by atoms with E-state index in [2.05, 4.69) is 9.55 Å². The lowest BCUT2D eigenvalue weighted by Crippen LogP contribution is -2.07. The lowest BCUT2D eigenvalue weighted by atomic mass is 10.2. The Morgan fingerprint density at radius 2 is 2.29 bits per heavy atom. The molecule has 0 aliphatic heterocycles. The highest BCUT2D eigenvalue weighted by Crippen LogP contribution is 2.24. The Hall–Kier alpha value is -1.85. The molecule has 0 amide bonds. The Kier molecular flexibility index (Phi) is 3.94. The van der Waals surface area contributed by atoms with Crippen molar-refractivity contribution in [3.05, 3.63) is 51.6 Å². The molecule has 0 radical (unpaired) electrons. The van der Waals surface area contributed by atoms with Crippen LogP contribution >= 0.6 is 22.9 Å². The number of pyridine rings is 1. The summed E-state index contributed by atoms with van der Waals surface area (Å²) in [6.45, 7) is 2.86. The maximum Gasteiger partial charge on any atom is 0.356 e. The van der Waals surface area contributed by atoms with Gasteiger partial charge < -0.3 is 9.30 Å². The quantitative estimate of drug-likeness (QED) is 0.683. The predicted molar refractivity (Wildman–Crippen MR) is 84.1 cm³/mol. The number of thiophene rings is 1. The van der Waals surface area contributed by atoms with Crippen molar-refractivity contribution >= 4 is 39.8 Å². The number of ether oxygens (including phenoxy) is 1. The van der Waals surface area contributed by atoms with Gasteiger partial charge in [0.05, 0.1) is 29.2 Å². The van der Waals surface area contributed by atoms with Crippen molar-refractivity contribution in [3.8, 4) is 0 Å². The van der Waals surface area contributed by atoms with Gasteiger partial charge >= 0.3 is 5.97 Å². The summed E-state index contributed by atoms with van der Waals surface area (Å²) in [5.41, 5.74) is 1.31. The van der Waals surface area contributed by atoms with E-state index in [0.717, 1.165) is 21.8 Å². The number of rotatable bonds is 4. The number of esters is 1. The van der Waals surface area contributed by atoms with E-state index in [9.17, 15) is 4.79 Å². The maximum atomic E-state index is 11.7. The van der Waals surface area contributed by atoms with Gasteiger partial charge in [-0.3, -0.25) is 0 Å². The maximum absolute atomic E-state index is 11.7. The summed E-state index contributed by atoms with van der Waals surface area (Å²) >= 11 is 7.51. The zero-order valence-electron chi connectivity index (χ0n) is 11.4. The molecular weight excluding hydrogens is 308 g/mol. The van der Waals surface area contributed by atoms with Gasteiger partial charge in [0.1, 0.15) is 5.69 Å². The smallest absolute Gasteiger partial charge is 0.356 e. The van der Waals surface area contributed by atoms with Crippen LogP contribution in [0.15, 0.2) is 36.7 Å². The first kappa shape index (κ1) is 14.1. The zero-order valence-corrected chi connectivity index (χ0v) is 12.9. The SMILES string of the molecule is CCOC(=O)c1cc2ccn(Cc3ccc(Cl)s3)c2cn1. The molecule has 4 nitrogen and oxygen atoms in total. The molecule has 0 bridgehead atoms. The molecule has 3 rings (SSSR count). The molecular formula is C15H13ClN2O2S. The standard InChI is InChI=1S/C15H13ClN2O2S/c1-2-20-15(19)12-7-10-5-6-18(13(10)8-17-12)9-11-3-4-14(16)21-11/h3-8H,2,9H2,1H3. The van der Waals surface area contributed by atoms with Crippen LogP contribution in [-0.4, -0.2) is 22.1 Å². The molecule has 21 heavy (non-hydrogen) atoms. The molecule has 3 aromatic rings. The van der Waals surface area contributed by atoms with E-state index in [0.29, 0.717) is 12.3 Å². The fraction of sp³-hybridized carbons (Fsp3) is 0.200. The van der Waals surface area contributed by atoms with Crippen LogP contribution in [0, 0.1) is 0 Å². The van der Waals surface area contributed by atoms with Crippen molar-refractivity contribution in [3.63, 3.8) is 0 Å². The summed E-state index contributed by atoms with van der Waals surface area (Å²) in [7, 11) is 0. The highest BCUT2D eigenvalue weighted by Gasteiger charge is 2.11. The monoisotopic (exact) mass is 320 g/mol. The molecule has 0 unspecified atom stereocenters. The summed E-state index contributed by atoms with van der Waals surface area (Å²) < 4.78 is 7.83. The first-order chi connectivity index (χ1) is 10.2. The van der Waals surface area contributed by atoms with Gasteiger partial charge in [0.2, 0.25) is 0 Å². The van der Waals surface area contributed by atoms with Gasteiger partial charge in [-0.15, -0.1) is 11.3 Å². The molecule has 0 aliphatic rings. The second-order valence-corrected chi connectivity index (χ2v) is 6.30. The van der Waals surface area contributed by atoms with Crippen molar-refractivity contribution in [1.82, 2.24) is 9.55 Å². The van der Waals surface area contributed by atoms with Crippen LogP contribution in [0.25, 0.3) is 10.9 Å². The van der Waals surface area contributed by atoms with Gasteiger partial charge in [0.25, 0.3) is 0 Å². The average Bonchev–Trinajstić information content (AvgIpc) is 3.06. The molecule has 3 heterocycles. The van der Waals surface area contributed by atoms with Crippen LogP contribution in [0.2, 0.25) is 4.34 Å². The van der Waals surface area contributed by atoms with Crippen molar-refractivity contribution in [2.75, 3.05) is 6.61 Å². The average molecular weight is 321 g/mol. The molecule has 108 valence electrons. The van der Waals surface area contributed by atoms with Gasteiger partial charge in [-0.25, -0.2) is 9.78 Å². The van der Waals surface area contributed by atoms with Crippen LogP contribution in [0.1, 0.15) is 22.3 Å². The summed E-state index contributed by atoms with van der Waals surface area (Å²) in [6.07, 6.45) is 3.69. The van der Waals surface area contributed by atoms with E-state index < -0.39 is 5.97 Å². The second kappa shape index (κ2) is 5.87. The van der Waals surface area contributed by atoms with Crippen molar-refractivity contribution < 1.29 is 9.53 Å². The molecule has 0 saturated heterocycles. The van der Waals surface area contributed by atoms with Gasteiger partial charge in [-0.1, -0.05) is 11.6 Å². The Morgan fingerprint density at radius 3 is 3.00 bits per heavy atom. The van der Waals surface area contributed by atoms with Crippen molar-refractivity contribution in [2.24, 2.45) is 0 Å². The third-order valence-corrected chi connectivity index (χ3v) is 4.31. The highest BCUT2D eigenvalue weighted by molar-refractivity contribution is 7.16. The van der Waals surface area contributed by atoms with E-state index in [1.54, 1.807) is 30.5 Å². The Bertz CT molecular complexity index is 794. The first-order valence-corrected chi connectivity index (χ1v) is 7.73. The highest BCUT2D eigenvalue weighted by atomic mass is 35.5. The second-order valence-electron chi connectivity index (χ2n) is 4.50. The molecule has 0 aliphatic carbocycles. The molecule has 3 aromatic heterocycles. The Balaban J connectivity index is 1.90. The number of aromatic nitrogens is 2. The minimum Gasteiger partial charge on any atom is -0.461 e. The number of carbonyl (C=O) groups excluding carboxylic acids is 1. The summed E-state index contributed by atoms with van der Waals surface area (Å²) in [5.74, 6) is -0.391. The summed E-state index contributed by atoms with van der Waals surface area (Å²) in [6, 6.07) is 7.63. The van der Waals surface area contributed by atoms with E-state index in [1.165, 1.54) is 4.88 Å². The van der Waals surface area contributed by atoms with E-state index in [4.69, 9.17) is 16.3 Å². The zero-order chi connectivity index (χ0) is 14.8. The van der Waals surface area contributed by atoms with Crippen LogP contribution in [-0.2, 0) is 11.3 Å². The fourth-order valence-corrected chi connectivity index (χ4v) is 3.23. The van der Waals surface area contributed by atoms with Gasteiger partial charge in [0.15, 0.2) is 0 Å². The fourth-order valence-electron chi connectivity index (χ4n) is 2.15. The van der Waals surface area contributed by atoms with E-state index >= 15 is 0 Å². The number of hydrogen-bond acceptors (Lipinski definition) is 4. The minimum absolute atomic E-state index is 0.335. The molecule has 0 fully saturated rings. The lowest BCUT2D eigenvalue weighted by molar-refractivity contribution is 0.0519. The number of carbonyl (C=O) groups is 1. The molecule has 0 aromatic carbocycles. The van der Waals surface area contributed by atoms with Gasteiger partial charge in [0, 0.05) is 16.5 Å². The van der Waals surface area contributed by atoms with Crippen molar-refractivity contribution in [2.45, 2.75) is 13.5 Å². The topological polar surface area (TPSA) is 44.1 Å². The van der Waals surface area contributed by atoms with Crippen LogP contribution < -0.4 is 0 Å². The van der Waals surface area contributed by atoms with E-state index in [-0.39, 0.29) is 0 Å². The third-order valence-electron chi connectivity index (χ3n) is 3.10. The molecule has 0 N–H and O–H groups in total. The normalized spacial score (nSPS) is 11.0. The summed E-state index contributed by atoms with van der Waals surface area (Å²) in [4.78, 5) is 17.0.